The van der Waals surface area contributed by atoms with Gasteiger partial charge in [0.15, 0.2) is 0 Å². The van der Waals surface area contributed by atoms with Gasteiger partial charge in [0.05, 0.1) is 13.2 Å². The second kappa shape index (κ2) is 8.48. The number of nitriles is 1. The van der Waals surface area contributed by atoms with Crippen molar-refractivity contribution in [3.63, 3.8) is 0 Å². The van der Waals surface area contributed by atoms with Crippen LogP contribution in [-0.2, 0) is 11.3 Å². The van der Waals surface area contributed by atoms with E-state index in [9.17, 15) is 9.65 Å². The number of morpholine rings is 1. The van der Waals surface area contributed by atoms with Crippen LogP contribution < -0.4 is 9.80 Å². The van der Waals surface area contributed by atoms with Gasteiger partial charge in [-0.15, -0.1) is 0 Å². The van der Waals surface area contributed by atoms with Crippen molar-refractivity contribution in [1.82, 2.24) is 15.0 Å². The van der Waals surface area contributed by atoms with Gasteiger partial charge in [0.25, 0.3) is 0 Å². The van der Waals surface area contributed by atoms with Gasteiger partial charge in [-0.1, -0.05) is 25.0 Å². The first-order valence-corrected chi connectivity index (χ1v) is 9.73. The molecule has 4 rings (SSSR count). The van der Waals surface area contributed by atoms with Crippen LogP contribution >= 0.6 is 0 Å². The zero-order valence-electron chi connectivity index (χ0n) is 15.7. The second-order valence-corrected chi connectivity index (χ2v) is 7.17. The van der Waals surface area contributed by atoms with Gasteiger partial charge in [0, 0.05) is 25.7 Å². The molecule has 0 spiro atoms. The highest BCUT2D eigenvalue weighted by Gasteiger charge is 2.27. The number of hydrogen-bond donors (Lipinski definition) is 0. The number of benzene rings is 1. The van der Waals surface area contributed by atoms with E-state index in [1.165, 1.54) is 12.1 Å². The van der Waals surface area contributed by atoms with Crippen LogP contribution in [0.3, 0.4) is 0 Å². The second-order valence-electron chi connectivity index (χ2n) is 7.17. The van der Waals surface area contributed by atoms with Gasteiger partial charge in [-0.25, -0.2) is 4.39 Å². The zero-order chi connectivity index (χ0) is 19.3. The molecule has 1 saturated heterocycles. The quantitative estimate of drug-likeness (QED) is 0.787. The van der Waals surface area contributed by atoms with Crippen molar-refractivity contribution in [1.29, 1.82) is 5.26 Å². The molecule has 0 radical (unpaired) electrons. The van der Waals surface area contributed by atoms with Crippen molar-refractivity contribution < 1.29 is 9.13 Å². The molecule has 0 atom stereocenters. The van der Waals surface area contributed by atoms with Gasteiger partial charge in [0.1, 0.15) is 11.9 Å². The molecule has 2 aliphatic rings. The van der Waals surface area contributed by atoms with Crippen LogP contribution in [0, 0.1) is 17.1 Å². The summed E-state index contributed by atoms with van der Waals surface area (Å²) in [6.45, 7) is 3.08. The van der Waals surface area contributed by atoms with Crippen LogP contribution in [0.4, 0.5) is 16.3 Å². The molecule has 0 N–H and O–H groups in total. The van der Waals surface area contributed by atoms with Crippen LogP contribution in [0.2, 0.25) is 0 Å². The SMILES string of the molecule is N#Cc1nc(N2CCOCC2)nc(N(Cc2cccc(F)c2)C2CCCC2)n1. The Labute approximate surface area is 163 Å². The lowest BCUT2D eigenvalue weighted by Gasteiger charge is -2.31. The number of hydrogen-bond acceptors (Lipinski definition) is 7. The monoisotopic (exact) mass is 382 g/mol. The summed E-state index contributed by atoms with van der Waals surface area (Å²) in [5.74, 6) is 0.844. The molecular weight excluding hydrogens is 359 g/mol. The molecule has 1 aromatic carbocycles. The normalized spacial score (nSPS) is 17.5. The van der Waals surface area contributed by atoms with Crippen molar-refractivity contribution in [2.75, 3.05) is 36.1 Å². The van der Waals surface area contributed by atoms with E-state index in [0.29, 0.717) is 44.7 Å². The minimum atomic E-state index is -0.258. The summed E-state index contributed by atoms with van der Waals surface area (Å²) in [5.41, 5.74) is 0.860. The molecule has 1 aliphatic carbocycles. The van der Waals surface area contributed by atoms with E-state index in [2.05, 4.69) is 20.9 Å². The Balaban J connectivity index is 1.69. The molecule has 1 aliphatic heterocycles. The average Bonchev–Trinajstić information content (AvgIpc) is 3.27. The topological polar surface area (TPSA) is 78.2 Å². The Morgan fingerprint density at radius 1 is 1.18 bits per heavy atom. The molecule has 2 aromatic rings. The van der Waals surface area contributed by atoms with Crippen molar-refractivity contribution in [3.05, 3.63) is 41.5 Å². The molecule has 1 saturated carbocycles. The number of nitrogens with zero attached hydrogens (tertiary/aromatic N) is 6. The van der Waals surface area contributed by atoms with Crippen molar-refractivity contribution >= 4 is 11.9 Å². The van der Waals surface area contributed by atoms with E-state index in [1.54, 1.807) is 6.07 Å². The van der Waals surface area contributed by atoms with Gasteiger partial charge in [0.2, 0.25) is 17.7 Å². The van der Waals surface area contributed by atoms with Gasteiger partial charge in [-0.05, 0) is 30.5 Å². The molecule has 2 fully saturated rings. The fourth-order valence-corrected chi connectivity index (χ4v) is 3.85. The Bertz CT molecular complexity index is 858. The van der Waals surface area contributed by atoms with E-state index < -0.39 is 0 Å². The summed E-state index contributed by atoms with van der Waals surface area (Å²) >= 11 is 0. The van der Waals surface area contributed by atoms with Gasteiger partial charge in [-0.2, -0.15) is 20.2 Å². The maximum atomic E-state index is 13.7. The number of aromatic nitrogens is 3. The third-order valence-corrected chi connectivity index (χ3v) is 5.27. The number of rotatable bonds is 5. The fourth-order valence-electron chi connectivity index (χ4n) is 3.85. The van der Waals surface area contributed by atoms with Crippen LogP contribution in [0.1, 0.15) is 37.1 Å². The van der Waals surface area contributed by atoms with Gasteiger partial charge in [-0.3, -0.25) is 0 Å². The number of anilines is 2. The zero-order valence-corrected chi connectivity index (χ0v) is 15.7. The van der Waals surface area contributed by atoms with E-state index in [4.69, 9.17) is 9.72 Å². The lowest BCUT2D eigenvalue weighted by molar-refractivity contribution is 0.122. The summed E-state index contributed by atoms with van der Waals surface area (Å²) in [7, 11) is 0. The maximum absolute atomic E-state index is 13.7. The van der Waals surface area contributed by atoms with Crippen molar-refractivity contribution in [3.8, 4) is 6.07 Å². The highest BCUT2D eigenvalue weighted by atomic mass is 19.1. The van der Waals surface area contributed by atoms with Crippen molar-refractivity contribution in [2.45, 2.75) is 38.3 Å². The summed E-state index contributed by atoms with van der Waals surface area (Å²) < 4.78 is 19.1. The number of halogens is 1. The van der Waals surface area contributed by atoms with Crippen LogP contribution in [-0.4, -0.2) is 47.3 Å². The Kier molecular flexibility index (Phi) is 5.63. The third kappa shape index (κ3) is 4.20. The first-order chi connectivity index (χ1) is 13.7. The minimum Gasteiger partial charge on any atom is -0.378 e. The highest BCUT2D eigenvalue weighted by molar-refractivity contribution is 5.43. The lowest BCUT2D eigenvalue weighted by Crippen LogP contribution is -2.39. The van der Waals surface area contributed by atoms with Crippen LogP contribution in [0.15, 0.2) is 24.3 Å². The van der Waals surface area contributed by atoms with E-state index in [-0.39, 0.29) is 17.7 Å². The summed E-state index contributed by atoms with van der Waals surface area (Å²) in [6, 6.07) is 8.93. The molecule has 0 amide bonds. The van der Waals surface area contributed by atoms with Gasteiger partial charge >= 0.3 is 0 Å². The predicted octanol–water partition coefficient (Wildman–Crippen LogP) is 2.67. The number of ether oxygens (including phenoxy) is 1. The smallest absolute Gasteiger partial charge is 0.238 e. The molecule has 0 unspecified atom stereocenters. The van der Waals surface area contributed by atoms with Gasteiger partial charge < -0.3 is 14.5 Å². The largest absolute Gasteiger partial charge is 0.378 e. The van der Waals surface area contributed by atoms with Crippen molar-refractivity contribution in [2.24, 2.45) is 0 Å². The molecule has 2 heterocycles. The summed E-state index contributed by atoms with van der Waals surface area (Å²) in [6.07, 6.45) is 4.37. The third-order valence-electron chi connectivity index (χ3n) is 5.27. The molecule has 1 aromatic heterocycles. The molecule has 0 bridgehead atoms. The molecule has 28 heavy (non-hydrogen) atoms. The van der Waals surface area contributed by atoms with E-state index in [1.807, 2.05) is 11.0 Å². The Morgan fingerprint density at radius 2 is 1.96 bits per heavy atom. The lowest BCUT2D eigenvalue weighted by atomic mass is 10.1. The molecular formula is C20H23FN6O. The summed E-state index contributed by atoms with van der Waals surface area (Å²) in [5, 5.41) is 9.44. The standard InChI is InChI=1S/C20H23FN6O/c21-16-5-3-4-15(12-16)14-27(17-6-1-2-7-17)20-24-18(13-22)23-19(25-20)26-8-10-28-11-9-26/h3-5,12,17H,1-2,6-11,14H2. The minimum absolute atomic E-state index is 0.105. The first-order valence-electron chi connectivity index (χ1n) is 9.73. The molecule has 8 heteroatoms. The Morgan fingerprint density at radius 3 is 2.68 bits per heavy atom. The molecule has 7 nitrogen and oxygen atoms in total. The van der Waals surface area contributed by atoms with E-state index in [0.717, 1.165) is 31.2 Å². The molecule has 146 valence electrons. The predicted molar refractivity (Wildman–Crippen MR) is 102 cm³/mol. The first kappa shape index (κ1) is 18.6. The highest BCUT2D eigenvalue weighted by Crippen LogP contribution is 2.29. The van der Waals surface area contributed by atoms with Crippen LogP contribution in [0.25, 0.3) is 0 Å². The maximum Gasteiger partial charge on any atom is 0.238 e. The fraction of sp³-hybridized carbons (Fsp3) is 0.500. The summed E-state index contributed by atoms with van der Waals surface area (Å²) in [4.78, 5) is 17.5. The average molecular weight is 382 g/mol. The Hall–Kier alpha value is -2.79. The van der Waals surface area contributed by atoms with E-state index >= 15 is 0 Å². The van der Waals surface area contributed by atoms with Crippen LogP contribution in [0.5, 0.6) is 0 Å².